The van der Waals surface area contributed by atoms with Gasteiger partial charge in [0, 0.05) is 24.8 Å². The molecule has 0 radical (unpaired) electrons. The third-order valence-corrected chi connectivity index (χ3v) is 17.4. The summed E-state index contributed by atoms with van der Waals surface area (Å²) in [6.07, 6.45) is 11.7. The number of pyridine rings is 2. The quantitative estimate of drug-likeness (QED) is 0.245. The number of allylic oxidation sites excluding steroid dienone is 4. The molecular weight excluding hydrogens is 518 g/mol. The van der Waals surface area contributed by atoms with Crippen LogP contribution in [0.5, 0.6) is 0 Å². The maximum Gasteiger partial charge on any atom is 0.0728 e. The number of hydrogen-bond donors (Lipinski definition) is 0. The molecule has 6 heteroatoms. The van der Waals surface area contributed by atoms with Crippen LogP contribution >= 0.6 is 17.2 Å². The molecule has 1 aliphatic carbocycles. The van der Waals surface area contributed by atoms with Crippen LogP contribution in [0, 0.1) is 0 Å². The second-order valence-electron chi connectivity index (χ2n) is 14.8. The molecule has 2 aromatic rings. The van der Waals surface area contributed by atoms with E-state index in [-0.39, 0.29) is 23.4 Å². The van der Waals surface area contributed by atoms with E-state index in [1.54, 1.807) is 10.8 Å². The average molecular weight is 569 g/mol. The van der Waals surface area contributed by atoms with Crippen molar-refractivity contribution < 1.29 is 0 Å². The normalized spacial score (nSPS) is 18.0. The van der Waals surface area contributed by atoms with Crippen molar-refractivity contribution in [3.63, 3.8) is 0 Å². The monoisotopic (exact) mass is 568 g/mol. The molecule has 2 nitrogen and oxygen atoms in total. The summed E-state index contributed by atoms with van der Waals surface area (Å²) in [5.41, 5.74) is 6.22. The predicted octanol–water partition coefficient (Wildman–Crippen LogP) is 9.50. The van der Waals surface area contributed by atoms with Crippen LogP contribution < -0.4 is 0 Å². The third kappa shape index (κ3) is 6.46. The van der Waals surface area contributed by atoms with E-state index in [0.29, 0.717) is 5.54 Å². The molecule has 37 heavy (non-hydrogen) atoms. The van der Waals surface area contributed by atoms with Crippen molar-refractivity contribution in [1.29, 1.82) is 0 Å². The SMILES string of the molecule is CC(C)(C)P(CC1=C(C(P)(c2cccnc2)c2cccnc2)C=C([Si](C)(C)C)C1[Si](C)(C)C)C(C)(C)C. The van der Waals surface area contributed by atoms with Gasteiger partial charge >= 0.3 is 0 Å². The van der Waals surface area contributed by atoms with Crippen LogP contribution in [0.3, 0.4) is 0 Å². The summed E-state index contributed by atoms with van der Waals surface area (Å²) in [6, 6.07) is 8.65. The topological polar surface area (TPSA) is 25.8 Å². The van der Waals surface area contributed by atoms with Gasteiger partial charge in [0.05, 0.1) is 21.3 Å². The molecule has 2 unspecified atom stereocenters. The van der Waals surface area contributed by atoms with Crippen LogP contribution in [-0.4, -0.2) is 42.6 Å². The molecule has 2 aromatic heterocycles. The molecule has 2 heterocycles. The summed E-state index contributed by atoms with van der Waals surface area (Å²) in [7, 11) is -0.154. The maximum absolute atomic E-state index is 4.59. The van der Waals surface area contributed by atoms with Crippen LogP contribution in [-0.2, 0) is 5.16 Å². The highest BCUT2D eigenvalue weighted by Crippen LogP contribution is 2.65. The van der Waals surface area contributed by atoms with Crippen molar-refractivity contribution in [2.75, 3.05) is 6.16 Å². The summed E-state index contributed by atoms with van der Waals surface area (Å²) < 4.78 is 0. The lowest BCUT2D eigenvalue weighted by Gasteiger charge is -2.45. The Hall–Kier alpha value is -0.926. The molecule has 0 aromatic carbocycles. The van der Waals surface area contributed by atoms with Gasteiger partial charge in [-0.3, -0.25) is 9.97 Å². The summed E-state index contributed by atoms with van der Waals surface area (Å²) in [5.74, 6) is 0. The van der Waals surface area contributed by atoms with E-state index in [9.17, 15) is 0 Å². The molecule has 1 aliphatic rings. The lowest BCUT2D eigenvalue weighted by Crippen LogP contribution is -2.39. The van der Waals surface area contributed by atoms with Gasteiger partial charge in [-0.15, -0.1) is 9.24 Å². The van der Waals surface area contributed by atoms with Crippen LogP contribution in [0.1, 0.15) is 52.7 Å². The molecule has 0 bridgehead atoms. The Bertz CT molecular complexity index is 1090. The highest BCUT2D eigenvalue weighted by molar-refractivity contribution is 7.61. The zero-order valence-electron chi connectivity index (χ0n) is 25.4. The second-order valence-corrected chi connectivity index (χ2v) is 29.9. The first-order chi connectivity index (χ1) is 16.8. The van der Waals surface area contributed by atoms with Crippen molar-refractivity contribution >= 4 is 33.3 Å². The Balaban J connectivity index is 2.45. The molecular formula is C31H50N2P2Si2. The highest BCUT2D eigenvalue weighted by atomic mass is 31.1. The van der Waals surface area contributed by atoms with Crippen LogP contribution in [0.2, 0.25) is 44.8 Å². The van der Waals surface area contributed by atoms with Gasteiger partial charge < -0.3 is 0 Å². The van der Waals surface area contributed by atoms with E-state index in [2.05, 4.69) is 143 Å². The van der Waals surface area contributed by atoms with E-state index in [1.165, 1.54) is 22.9 Å². The number of nitrogens with zero attached hydrogens (tertiary/aromatic N) is 2. The van der Waals surface area contributed by atoms with Crippen LogP contribution in [0.25, 0.3) is 0 Å². The van der Waals surface area contributed by atoms with Gasteiger partial charge in [0.25, 0.3) is 0 Å². The maximum atomic E-state index is 4.59. The predicted molar refractivity (Wildman–Crippen MR) is 176 cm³/mol. The smallest absolute Gasteiger partial charge is 0.0728 e. The van der Waals surface area contributed by atoms with Gasteiger partial charge in [-0.05, 0) is 50.8 Å². The average Bonchev–Trinajstić information content (AvgIpc) is 3.17. The largest absolute Gasteiger partial charge is 0.264 e. The van der Waals surface area contributed by atoms with Crippen molar-refractivity contribution in [1.82, 2.24) is 9.97 Å². The highest BCUT2D eigenvalue weighted by Gasteiger charge is 2.49. The van der Waals surface area contributed by atoms with Crippen molar-refractivity contribution in [3.8, 4) is 0 Å². The molecule has 3 rings (SSSR count). The molecule has 202 valence electrons. The van der Waals surface area contributed by atoms with Gasteiger partial charge in [-0.2, -0.15) is 0 Å². The fourth-order valence-corrected chi connectivity index (χ4v) is 17.1. The van der Waals surface area contributed by atoms with E-state index in [4.69, 9.17) is 0 Å². The Morgan fingerprint density at radius 2 is 1.27 bits per heavy atom. The zero-order chi connectivity index (χ0) is 28.0. The molecule has 0 saturated carbocycles. The Morgan fingerprint density at radius 3 is 1.59 bits per heavy atom. The first-order valence-electron chi connectivity index (χ1n) is 13.6. The van der Waals surface area contributed by atoms with Gasteiger partial charge in [0.2, 0.25) is 0 Å². The van der Waals surface area contributed by atoms with E-state index in [0.717, 1.165) is 0 Å². The molecule has 0 spiro atoms. The third-order valence-electron chi connectivity index (χ3n) is 7.64. The molecule has 0 amide bonds. The molecule has 0 N–H and O–H groups in total. The van der Waals surface area contributed by atoms with Gasteiger partial charge in [-0.1, -0.05) is 118 Å². The first kappa shape index (κ1) is 30.6. The summed E-state index contributed by atoms with van der Waals surface area (Å²) in [5, 5.41) is 1.90. The first-order valence-corrected chi connectivity index (χ1v) is 22.8. The van der Waals surface area contributed by atoms with Crippen molar-refractivity contribution in [2.24, 2.45) is 0 Å². The summed E-state index contributed by atoms with van der Waals surface area (Å²) in [6.45, 7) is 30.2. The lowest BCUT2D eigenvalue weighted by atomic mass is 9.84. The number of rotatable bonds is 7. The number of aromatic nitrogens is 2. The minimum absolute atomic E-state index is 0.268. The summed E-state index contributed by atoms with van der Waals surface area (Å²) in [4.78, 5) is 9.18. The van der Waals surface area contributed by atoms with E-state index >= 15 is 0 Å². The van der Waals surface area contributed by atoms with Gasteiger partial charge in [0.1, 0.15) is 0 Å². The van der Waals surface area contributed by atoms with E-state index in [1.807, 2.05) is 12.4 Å². The van der Waals surface area contributed by atoms with Crippen LogP contribution in [0.4, 0.5) is 0 Å². The molecule has 0 fully saturated rings. The Labute approximate surface area is 233 Å². The Morgan fingerprint density at radius 1 is 0.811 bits per heavy atom. The minimum Gasteiger partial charge on any atom is -0.264 e. The fraction of sp³-hybridized carbons (Fsp3) is 0.548. The van der Waals surface area contributed by atoms with Gasteiger partial charge in [0.15, 0.2) is 0 Å². The van der Waals surface area contributed by atoms with Crippen molar-refractivity contribution in [2.45, 2.75) is 102 Å². The second kappa shape index (κ2) is 10.6. The number of hydrogen-bond acceptors (Lipinski definition) is 2. The lowest BCUT2D eigenvalue weighted by molar-refractivity contribution is 0.705. The molecule has 0 saturated heterocycles. The standard InChI is InChI=1S/C31H50N2P2Si2/c1-29(2,3)35(30(4,5)6)22-25-26(19-27(36(7,8)9)28(25)37(10,11)12)31(34,23-15-13-17-32-20-23)24-16-14-18-33-21-24/h13-21,28H,22,34H2,1-12H3. The zero-order valence-corrected chi connectivity index (χ0v) is 29.4. The molecule has 2 atom stereocenters. The molecule has 0 aliphatic heterocycles. The Kier molecular flexibility index (Phi) is 8.74. The summed E-state index contributed by atoms with van der Waals surface area (Å²) >= 11 is 0. The minimum atomic E-state index is -1.59. The van der Waals surface area contributed by atoms with E-state index < -0.39 is 16.1 Å². The van der Waals surface area contributed by atoms with Crippen LogP contribution in [0.15, 0.2) is 71.5 Å². The fourth-order valence-electron chi connectivity index (χ4n) is 6.18. The van der Waals surface area contributed by atoms with Crippen molar-refractivity contribution in [3.05, 3.63) is 82.6 Å². The van der Waals surface area contributed by atoms with Gasteiger partial charge in [-0.25, -0.2) is 0 Å².